The van der Waals surface area contributed by atoms with Crippen LogP contribution >= 0.6 is 0 Å². The summed E-state index contributed by atoms with van der Waals surface area (Å²) in [5, 5.41) is 7.28. The molecular formula is C47H36N2O. The van der Waals surface area contributed by atoms with E-state index in [4.69, 9.17) is 4.42 Å². The molecular weight excluding hydrogens is 609 g/mol. The predicted molar refractivity (Wildman–Crippen MR) is 211 cm³/mol. The van der Waals surface area contributed by atoms with Crippen LogP contribution < -0.4 is 0 Å². The van der Waals surface area contributed by atoms with E-state index in [-0.39, 0.29) is 5.41 Å². The number of para-hydroxylation sites is 3. The lowest BCUT2D eigenvalue weighted by atomic mass is 9.88. The van der Waals surface area contributed by atoms with Crippen LogP contribution in [0.25, 0.3) is 88.1 Å². The fourth-order valence-corrected chi connectivity index (χ4v) is 8.13. The smallest absolute Gasteiger partial charge is 0.135 e. The second-order valence-corrected chi connectivity index (χ2v) is 14.9. The monoisotopic (exact) mass is 644 g/mol. The zero-order valence-electron chi connectivity index (χ0n) is 28.4. The number of hydrogen-bond donors (Lipinski definition) is 0. The van der Waals surface area contributed by atoms with E-state index in [9.17, 15) is 0 Å². The SMILES string of the molecule is CC(C)(C)Cc1cccc(-n2c3ccccc3c3cc(-c4ccc5oc6ccc(-n7c8ccccc8c8ccccc87)cc6c5c4)ccc32)c1. The molecule has 0 radical (unpaired) electrons. The third kappa shape index (κ3) is 4.50. The summed E-state index contributed by atoms with van der Waals surface area (Å²) < 4.78 is 11.2. The van der Waals surface area contributed by atoms with Crippen LogP contribution in [0.3, 0.4) is 0 Å². The summed E-state index contributed by atoms with van der Waals surface area (Å²) in [6.07, 6.45) is 1.04. The first kappa shape index (κ1) is 28.9. The van der Waals surface area contributed by atoms with Crippen molar-refractivity contribution in [2.45, 2.75) is 27.2 Å². The zero-order valence-corrected chi connectivity index (χ0v) is 28.4. The minimum absolute atomic E-state index is 0.225. The number of furan rings is 1. The average molecular weight is 645 g/mol. The van der Waals surface area contributed by atoms with E-state index < -0.39 is 0 Å². The average Bonchev–Trinajstić information content (AvgIpc) is 3.78. The van der Waals surface area contributed by atoms with Gasteiger partial charge in [-0.05, 0) is 101 Å². The van der Waals surface area contributed by atoms with Crippen molar-refractivity contribution >= 4 is 65.6 Å². The van der Waals surface area contributed by atoms with E-state index in [2.05, 4.69) is 182 Å². The van der Waals surface area contributed by atoms with Gasteiger partial charge in [0.25, 0.3) is 0 Å². The van der Waals surface area contributed by atoms with Crippen molar-refractivity contribution in [2.24, 2.45) is 5.41 Å². The molecule has 0 N–H and O–H groups in total. The first-order valence-electron chi connectivity index (χ1n) is 17.5. The molecule has 0 spiro atoms. The largest absolute Gasteiger partial charge is 0.456 e. The quantitative estimate of drug-likeness (QED) is 0.187. The fourth-order valence-electron chi connectivity index (χ4n) is 8.13. The van der Waals surface area contributed by atoms with Crippen LogP contribution in [0.15, 0.2) is 156 Å². The Morgan fingerprint density at radius 2 is 0.920 bits per heavy atom. The standard InChI is InChI=1S/C47H36N2O/c1-47(2,3)29-30-11-10-12-33(25-30)48-43-18-9-6-15-37(43)38-26-31(19-22-44(38)48)32-20-23-45-39(27-32)40-28-34(21-24-46(40)50-45)49-41-16-7-4-13-35(41)36-14-5-8-17-42(36)49/h4-28H,29H2,1-3H3. The molecule has 240 valence electrons. The molecule has 3 heterocycles. The number of nitrogens with zero attached hydrogens (tertiary/aromatic N) is 2. The summed E-state index contributed by atoms with van der Waals surface area (Å²) in [7, 11) is 0. The lowest BCUT2D eigenvalue weighted by Crippen LogP contribution is -2.09. The number of fused-ring (bicyclic) bond motifs is 9. The van der Waals surface area contributed by atoms with E-state index in [0.717, 1.165) is 34.0 Å². The molecule has 7 aromatic carbocycles. The van der Waals surface area contributed by atoms with Crippen LogP contribution in [0.4, 0.5) is 0 Å². The predicted octanol–water partition coefficient (Wildman–Crippen LogP) is 13.0. The first-order chi connectivity index (χ1) is 24.4. The molecule has 3 aromatic heterocycles. The molecule has 0 amide bonds. The molecule has 10 aromatic rings. The van der Waals surface area contributed by atoms with Crippen LogP contribution in [0.1, 0.15) is 26.3 Å². The Hall–Kier alpha value is -6.06. The van der Waals surface area contributed by atoms with Gasteiger partial charge in [-0.1, -0.05) is 99.6 Å². The second kappa shape index (κ2) is 10.7. The van der Waals surface area contributed by atoms with Crippen LogP contribution in [0.5, 0.6) is 0 Å². The van der Waals surface area contributed by atoms with Gasteiger partial charge < -0.3 is 13.6 Å². The Balaban J connectivity index is 1.12. The van der Waals surface area contributed by atoms with Gasteiger partial charge in [0.1, 0.15) is 11.2 Å². The van der Waals surface area contributed by atoms with Crippen molar-refractivity contribution in [2.75, 3.05) is 0 Å². The number of hydrogen-bond acceptors (Lipinski definition) is 1. The third-order valence-corrected chi connectivity index (χ3v) is 10.2. The summed E-state index contributed by atoms with van der Waals surface area (Å²) in [4.78, 5) is 0. The van der Waals surface area contributed by atoms with E-state index in [1.807, 2.05) is 0 Å². The lowest BCUT2D eigenvalue weighted by molar-refractivity contribution is 0.411. The van der Waals surface area contributed by atoms with E-state index in [1.54, 1.807) is 0 Å². The Morgan fingerprint density at radius 1 is 0.420 bits per heavy atom. The van der Waals surface area contributed by atoms with Crippen LogP contribution in [0.2, 0.25) is 0 Å². The lowest BCUT2D eigenvalue weighted by Gasteiger charge is -2.19. The zero-order chi connectivity index (χ0) is 33.6. The molecule has 0 fully saturated rings. The Kier molecular flexibility index (Phi) is 6.20. The van der Waals surface area contributed by atoms with Gasteiger partial charge in [0.2, 0.25) is 0 Å². The van der Waals surface area contributed by atoms with E-state index in [0.29, 0.717) is 0 Å². The highest BCUT2D eigenvalue weighted by atomic mass is 16.3. The van der Waals surface area contributed by atoms with Gasteiger partial charge in [0, 0.05) is 43.7 Å². The van der Waals surface area contributed by atoms with Gasteiger partial charge in [-0.3, -0.25) is 0 Å². The molecule has 3 heteroatoms. The van der Waals surface area contributed by atoms with Crippen molar-refractivity contribution in [1.82, 2.24) is 9.13 Å². The molecule has 0 atom stereocenters. The van der Waals surface area contributed by atoms with Gasteiger partial charge in [-0.2, -0.15) is 0 Å². The highest BCUT2D eigenvalue weighted by Crippen LogP contribution is 2.39. The molecule has 0 aliphatic rings. The minimum atomic E-state index is 0.225. The molecule has 0 bridgehead atoms. The normalized spacial score (nSPS) is 12.4. The molecule has 0 saturated carbocycles. The van der Waals surface area contributed by atoms with Crippen molar-refractivity contribution in [1.29, 1.82) is 0 Å². The van der Waals surface area contributed by atoms with Gasteiger partial charge in [0.15, 0.2) is 0 Å². The van der Waals surface area contributed by atoms with Gasteiger partial charge >= 0.3 is 0 Å². The molecule has 0 unspecified atom stereocenters. The number of rotatable bonds is 4. The van der Waals surface area contributed by atoms with Gasteiger partial charge in [-0.25, -0.2) is 0 Å². The summed E-state index contributed by atoms with van der Waals surface area (Å²) >= 11 is 0. The summed E-state index contributed by atoms with van der Waals surface area (Å²) in [5.41, 5.74) is 12.9. The van der Waals surface area contributed by atoms with Crippen molar-refractivity contribution < 1.29 is 4.42 Å². The molecule has 10 rings (SSSR count). The van der Waals surface area contributed by atoms with Crippen LogP contribution in [-0.2, 0) is 6.42 Å². The van der Waals surface area contributed by atoms with E-state index >= 15 is 0 Å². The molecule has 50 heavy (non-hydrogen) atoms. The molecule has 0 saturated heterocycles. The molecule has 0 aliphatic heterocycles. The Morgan fingerprint density at radius 3 is 1.56 bits per heavy atom. The minimum Gasteiger partial charge on any atom is -0.456 e. The maximum absolute atomic E-state index is 6.40. The van der Waals surface area contributed by atoms with E-state index in [1.165, 1.54) is 66.0 Å². The van der Waals surface area contributed by atoms with Crippen molar-refractivity contribution in [3.05, 3.63) is 157 Å². The Labute approximate surface area is 290 Å². The highest BCUT2D eigenvalue weighted by Gasteiger charge is 2.18. The molecule has 0 aliphatic carbocycles. The van der Waals surface area contributed by atoms with Gasteiger partial charge in [-0.15, -0.1) is 0 Å². The maximum Gasteiger partial charge on any atom is 0.135 e. The summed E-state index contributed by atoms with van der Waals surface area (Å²) in [6, 6.07) is 55.2. The topological polar surface area (TPSA) is 23.0 Å². The van der Waals surface area contributed by atoms with Crippen LogP contribution in [0, 0.1) is 5.41 Å². The summed E-state index contributed by atoms with van der Waals surface area (Å²) in [6.45, 7) is 6.90. The van der Waals surface area contributed by atoms with Crippen molar-refractivity contribution in [3.8, 4) is 22.5 Å². The Bertz CT molecular complexity index is 2890. The maximum atomic E-state index is 6.40. The first-order valence-corrected chi connectivity index (χ1v) is 17.5. The molecule has 3 nitrogen and oxygen atoms in total. The number of aromatic nitrogens is 2. The highest BCUT2D eigenvalue weighted by molar-refractivity contribution is 6.12. The summed E-state index contributed by atoms with van der Waals surface area (Å²) in [5.74, 6) is 0. The third-order valence-electron chi connectivity index (χ3n) is 10.2. The number of benzene rings is 7. The van der Waals surface area contributed by atoms with Crippen LogP contribution in [-0.4, -0.2) is 9.13 Å². The van der Waals surface area contributed by atoms with Gasteiger partial charge in [0.05, 0.1) is 22.1 Å². The second-order valence-electron chi connectivity index (χ2n) is 14.9. The fraction of sp³-hybridized carbons (Fsp3) is 0.106. The van der Waals surface area contributed by atoms with Crippen molar-refractivity contribution in [3.63, 3.8) is 0 Å².